The molecule has 306 valence electrons. The van der Waals surface area contributed by atoms with Gasteiger partial charge in [-0.25, -0.2) is 0 Å². The Morgan fingerprint density at radius 3 is 1.00 bits per heavy atom. The van der Waals surface area contributed by atoms with Crippen molar-refractivity contribution in [3.05, 3.63) is 217 Å². The van der Waals surface area contributed by atoms with Crippen molar-refractivity contribution >= 4 is 46.1 Å². The van der Waals surface area contributed by atoms with Crippen LogP contribution in [0.15, 0.2) is 206 Å². The van der Waals surface area contributed by atoms with Crippen molar-refractivity contribution in [2.45, 2.75) is 25.7 Å². The van der Waals surface area contributed by atoms with Gasteiger partial charge in [-0.3, -0.25) is 9.59 Å². The van der Waals surface area contributed by atoms with E-state index in [1.54, 1.807) is 0 Å². The molecule has 0 aliphatic carbocycles. The zero-order valence-corrected chi connectivity index (χ0v) is 35.0. The van der Waals surface area contributed by atoms with Gasteiger partial charge in [-0.15, -0.1) is 0 Å². The lowest BCUT2D eigenvalue weighted by Crippen LogP contribution is -2.11. The molecule has 0 atom stereocenters. The number of carbonyl (C=O) groups is 2. The normalized spacial score (nSPS) is 10.8. The van der Waals surface area contributed by atoms with E-state index in [1.165, 1.54) is 14.2 Å². The van der Waals surface area contributed by atoms with Crippen LogP contribution in [0.25, 0.3) is 33.4 Å². The van der Waals surface area contributed by atoms with Gasteiger partial charge < -0.3 is 19.3 Å². The number of rotatable bonds is 15. The van der Waals surface area contributed by atoms with Crippen LogP contribution in [0.2, 0.25) is 0 Å². The van der Waals surface area contributed by atoms with Crippen LogP contribution in [-0.4, -0.2) is 26.2 Å². The molecule has 62 heavy (non-hydrogen) atoms. The lowest BCUT2D eigenvalue weighted by atomic mass is 10.00. The maximum Gasteiger partial charge on any atom is 0.305 e. The number of nitrogens with zero attached hydrogens (tertiary/aromatic N) is 2. The Labute approximate surface area is 364 Å². The van der Waals surface area contributed by atoms with Crippen LogP contribution in [0.4, 0.5) is 34.1 Å². The zero-order valence-electron chi connectivity index (χ0n) is 35.0. The predicted octanol–water partition coefficient (Wildman–Crippen LogP) is 13.8. The summed E-state index contributed by atoms with van der Waals surface area (Å²) in [6.45, 7) is 0. The molecule has 0 unspecified atom stereocenters. The molecule has 0 saturated heterocycles. The average molecular weight is 813 g/mol. The first-order chi connectivity index (χ1) is 30.5. The zero-order chi connectivity index (χ0) is 42.7. The molecule has 0 aromatic heterocycles. The van der Waals surface area contributed by atoms with E-state index < -0.39 is 0 Å². The number of ether oxygens (including phenoxy) is 2. The lowest BCUT2D eigenvalue weighted by molar-refractivity contribution is -0.141. The van der Waals surface area contributed by atoms with Gasteiger partial charge >= 0.3 is 11.9 Å². The third kappa shape index (κ3) is 9.51. The Kier molecular flexibility index (Phi) is 13.0. The molecule has 0 spiro atoms. The summed E-state index contributed by atoms with van der Waals surface area (Å²) in [5, 5.41) is 0. The number of carbonyl (C=O) groups excluding carboxylic acids is 2. The van der Waals surface area contributed by atoms with Crippen LogP contribution < -0.4 is 9.80 Å². The van der Waals surface area contributed by atoms with Gasteiger partial charge in [0.05, 0.1) is 25.6 Å². The van der Waals surface area contributed by atoms with Gasteiger partial charge in [0.1, 0.15) is 0 Å². The van der Waals surface area contributed by atoms with Crippen LogP contribution in [0.3, 0.4) is 0 Å². The smallest absolute Gasteiger partial charge is 0.305 e. The number of methoxy groups -OCH3 is 2. The molecule has 0 saturated carbocycles. The highest BCUT2D eigenvalue weighted by Crippen LogP contribution is 2.43. The summed E-state index contributed by atoms with van der Waals surface area (Å²) in [6, 6.07) is 72.2. The van der Waals surface area contributed by atoms with Crippen molar-refractivity contribution in [2.24, 2.45) is 0 Å². The van der Waals surface area contributed by atoms with Crippen LogP contribution in [0.1, 0.15) is 24.0 Å². The minimum Gasteiger partial charge on any atom is -0.469 e. The van der Waals surface area contributed by atoms with Crippen LogP contribution >= 0.6 is 0 Å². The maximum absolute atomic E-state index is 11.9. The predicted molar refractivity (Wildman–Crippen MR) is 253 cm³/mol. The fourth-order valence-corrected chi connectivity index (χ4v) is 7.84. The third-order valence-corrected chi connectivity index (χ3v) is 11.1. The molecule has 0 aliphatic heterocycles. The summed E-state index contributed by atoms with van der Waals surface area (Å²) in [6.07, 6.45) is 1.90. The summed E-state index contributed by atoms with van der Waals surface area (Å²) in [4.78, 5) is 28.3. The largest absolute Gasteiger partial charge is 0.469 e. The minimum absolute atomic E-state index is 0.215. The highest BCUT2D eigenvalue weighted by Gasteiger charge is 2.20. The summed E-state index contributed by atoms with van der Waals surface area (Å²) in [7, 11) is 2.85. The first-order valence-corrected chi connectivity index (χ1v) is 20.9. The molecule has 0 N–H and O–H groups in total. The first kappa shape index (κ1) is 41.1. The van der Waals surface area contributed by atoms with Crippen molar-refractivity contribution in [1.82, 2.24) is 0 Å². The highest BCUT2D eigenvalue weighted by atomic mass is 16.5. The molecule has 8 aromatic carbocycles. The van der Waals surface area contributed by atoms with Crippen molar-refractivity contribution in [3.8, 4) is 33.4 Å². The van der Waals surface area contributed by atoms with Gasteiger partial charge in [0, 0.05) is 46.7 Å². The Balaban J connectivity index is 1.13. The van der Waals surface area contributed by atoms with E-state index in [9.17, 15) is 9.59 Å². The summed E-state index contributed by atoms with van der Waals surface area (Å²) < 4.78 is 9.75. The van der Waals surface area contributed by atoms with Gasteiger partial charge in [0.25, 0.3) is 0 Å². The summed E-state index contributed by atoms with van der Waals surface area (Å²) >= 11 is 0. The standard InChI is InChI=1S/C56H48N2O4/c1-61-55(59)39-25-41-21-31-47(32-22-41)57(53-19-11-9-17-51(53)45-13-5-3-6-14-45)49-35-27-43(28-36-49)44-29-37-50(38-30-44)58(48-33-23-42(24-34-48)26-40-56(60)62-2)54-20-12-10-18-52(54)46-15-7-4-8-16-46/h3-24,27-38H,25-26,39-40H2,1-2H3. The Morgan fingerprint density at radius 2 is 0.661 bits per heavy atom. The van der Waals surface area contributed by atoms with Crippen molar-refractivity contribution in [1.29, 1.82) is 0 Å². The minimum atomic E-state index is -0.215. The quantitative estimate of drug-likeness (QED) is 0.0961. The summed E-state index contributed by atoms with van der Waals surface area (Å²) in [5.41, 5.74) is 15.0. The fraction of sp³-hybridized carbons (Fsp3) is 0.107. The summed E-state index contributed by atoms with van der Waals surface area (Å²) in [5.74, 6) is -0.430. The molecule has 0 radical (unpaired) electrons. The molecule has 6 nitrogen and oxygen atoms in total. The van der Waals surface area contributed by atoms with Crippen LogP contribution in [-0.2, 0) is 31.9 Å². The number of hydrogen-bond acceptors (Lipinski definition) is 6. The average Bonchev–Trinajstić information content (AvgIpc) is 3.34. The van der Waals surface area contributed by atoms with E-state index in [0.29, 0.717) is 25.7 Å². The van der Waals surface area contributed by atoms with E-state index in [2.05, 4.69) is 204 Å². The monoisotopic (exact) mass is 812 g/mol. The van der Waals surface area contributed by atoms with Gasteiger partial charge in [-0.2, -0.15) is 0 Å². The van der Waals surface area contributed by atoms with Crippen LogP contribution in [0, 0.1) is 0 Å². The second-order valence-corrected chi connectivity index (χ2v) is 15.0. The SMILES string of the molecule is COC(=O)CCc1ccc(N(c2ccc(-c3ccc(N(c4ccc(CCC(=O)OC)cc4)c4ccccc4-c4ccccc4)cc3)cc2)c2ccccc2-c2ccccc2)cc1. The van der Waals surface area contributed by atoms with E-state index in [4.69, 9.17) is 9.47 Å². The van der Waals surface area contributed by atoms with E-state index in [1.807, 2.05) is 12.1 Å². The number of aryl methyl sites for hydroxylation is 2. The molecule has 0 fully saturated rings. The van der Waals surface area contributed by atoms with E-state index >= 15 is 0 Å². The molecule has 0 amide bonds. The fourth-order valence-electron chi connectivity index (χ4n) is 7.84. The van der Waals surface area contributed by atoms with E-state index in [-0.39, 0.29) is 11.9 Å². The Hall–Kier alpha value is -7.70. The number of anilines is 6. The van der Waals surface area contributed by atoms with Crippen LogP contribution in [0.5, 0.6) is 0 Å². The number of hydrogen-bond donors (Lipinski definition) is 0. The van der Waals surface area contributed by atoms with Gasteiger partial charge in [0.15, 0.2) is 0 Å². The molecule has 0 aliphatic rings. The Morgan fingerprint density at radius 1 is 0.355 bits per heavy atom. The molecule has 0 heterocycles. The van der Waals surface area contributed by atoms with Gasteiger partial charge in [0.2, 0.25) is 0 Å². The molecular weight excluding hydrogens is 765 g/mol. The van der Waals surface area contributed by atoms with Gasteiger partial charge in [-0.05, 0) is 107 Å². The molecule has 0 bridgehead atoms. The van der Waals surface area contributed by atoms with Crippen molar-refractivity contribution in [2.75, 3.05) is 24.0 Å². The topological polar surface area (TPSA) is 59.1 Å². The molecular formula is C56H48N2O4. The number of para-hydroxylation sites is 2. The van der Waals surface area contributed by atoms with E-state index in [0.717, 1.165) is 78.6 Å². The van der Waals surface area contributed by atoms with Gasteiger partial charge in [-0.1, -0.05) is 146 Å². The number of esters is 2. The molecule has 6 heteroatoms. The second-order valence-electron chi connectivity index (χ2n) is 15.0. The number of benzene rings is 8. The highest BCUT2D eigenvalue weighted by molar-refractivity contribution is 5.90. The maximum atomic E-state index is 11.9. The molecule has 8 rings (SSSR count). The second kappa shape index (κ2) is 19.6. The first-order valence-electron chi connectivity index (χ1n) is 20.9. The molecule has 8 aromatic rings. The Bertz CT molecular complexity index is 2520. The van der Waals surface area contributed by atoms with Crippen molar-refractivity contribution in [3.63, 3.8) is 0 Å². The van der Waals surface area contributed by atoms with Crippen molar-refractivity contribution < 1.29 is 19.1 Å². The third-order valence-electron chi connectivity index (χ3n) is 11.1. The lowest BCUT2D eigenvalue weighted by Gasteiger charge is -2.28.